The highest BCUT2D eigenvalue weighted by Crippen LogP contribution is 2.36. The molecule has 36 heavy (non-hydrogen) atoms. The monoisotopic (exact) mass is 565 g/mol. The summed E-state index contributed by atoms with van der Waals surface area (Å²) in [6, 6.07) is 9.53. The highest BCUT2D eigenvalue weighted by molar-refractivity contribution is 6.40. The van der Waals surface area contributed by atoms with Crippen LogP contribution in [0.3, 0.4) is 0 Å². The van der Waals surface area contributed by atoms with E-state index < -0.39 is 29.5 Å². The highest BCUT2D eigenvalue weighted by Gasteiger charge is 2.18. The summed E-state index contributed by atoms with van der Waals surface area (Å²) in [4.78, 5) is 40.7. The van der Waals surface area contributed by atoms with Crippen LogP contribution < -0.4 is 16.9 Å². The van der Waals surface area contributed by atoms with E-state index in [-0.39, 0.29) is 59.2 Å². The number of rotatable bonds is 5. The predicted octanol–water partition coefficient (Wildman–Crippen LogP) is 5.72. The molecule has 12 heteroatoms. The average Bonchev–Trinajstić information content (AvgIpc) is 2.85. The fraction of sp³-hybridized carbons (Fsp3) is 0.0417. The number of aromatic nitrogens is 1. The molecule has 4 rings (SSSR count). The molecule has 0 saturated heterocycles. The number of halogens is 4. The molecular formula is C24H15Cl4N3O5. The number of esters is 1. The first kappa shape index (κ1) is 25.7. The zero-order chi connectivity index (χ0) is 26.3. The van der Waals surface area contributed by atoms with Gasteiger partial charge < -0.3 is 26.3 Å². The lowest BCUT2D eigenvalue weighted by molar-refractivity contribution is 0.0475. The number of hydrogen-bond donors (Lipinski definition) is 4. The molecule has 184 valence electrons. The summed E-state index contributed by atoms with van der Waals surface area (Å²) < 4.78 is 5.12. The fourth-order valence-corrected chi connectivity index (χ4v) is 4.36. The summed E-state index contributed by atoms with van der Waals surface area (Å²) in [7, 11) is 0. The van der Waals surface area contributed by atoms with Gasteiger partial charge in [-0.05, 0) is 42.5 Å². The van der Waals surface area contributed by atoms with Crippen LogP contribution in [-0.4, -0.2) is 28.4 Å². The third-order valence-corrected chi connectivity index (χ3v) is 6.57. The molecule has 0 aliphatic carbocycles. The minimum atomic E-state index is -0.827. The number of ether oxygens (including phenoxy) is 1. The molecule has 0 unspecified atom stereocenters. The lowest BCUT2D eigenvalue weighted by Crippen LogP contribution is -2.15. The van der Waals surface area contributed by atoms with E-state index in [2.05, 4.69) is 4.98 Å². The molecule has 0 bridgehead atoms. The number of hydrogen-bond acceptors (Lipinski definition) is 7. The Morgan fingerprint density at radius 3 is 2.00 bits per heavy atom. The maximum absolute atomic E-state index is 12.7. The van der Waals surface area contributed by atoms with Gasteiger partial charge in [-0.2, -0.15) is 0 Å². The van der Waals surface area contributed by atoms with Crippen molar-refractivity contribution >= 4 is 80.4 Å². The third kappa shape index (κ3) is 4.81. The van der Waals surface area contributed by atoms with E-state index in [1.807, 2.05) is 0 Å². The van der Waals surface area contributed by atoms with Crippen LogP contribution in [-0.2, 0) is 4.74 Å². The van der Waals surface area contributed by atoms with Gasteiger partial charge in [0.1, 0.15) is 0 Å². The van der Waals surface area contributed by atoms with E-state index in [4.69, 9.17) is 62.6 Å². The molecule has 0 amide bonds. The molecule has 0 fully saturated rings. The average molecular weight is 567 g/mol. The second kappa shape index (κ2) is 9.91. The van der Waals surface area contributed by atoms with Crippen molar-refractivity contribution in [3.05, 3.63) is 83.9 Å². The summed E-state index contributed by atoms with van der Waals surface area (Å²) in [5.41, 5.74) is 11.7. The van der Waals surface area contributed by atoms with E-state index >= 15 is 0 Å². The van der Waals surface area contributed by atoms with Gasteiger partial charge in [0.05, 0.1) is 48.2 Å². The Labute approximate surface area is 223 Å². The van der Waals surface area contributed by atoms with E-state index in [0.29, 0.717) is 5.56 Å². The van der Waals surface area contributed by atoms with E-state index in [1.54, 1.807) is 0 Å². The number of carbonyl (C=O) groups excluding carboxylic acids is 2. The molecule has 4 aromatic rings. The van der Waals surface area contributed by atoms with Crippen LogP contribution in [0.4, 0.5) is 11.4 Å². The quantitative estimate of drug-likeness (QED) is 0.137. The number of aromatic hydroxyl groups is 1. The van der Waals surface area contributed by atoms with Crippen molar-refractivity contribution in [2.24, 2.45) is 0 Å². The first-order chi connectivity index (χ1) is 17.0. The van der Waals surface area contributed by atoms with Crippen LogP contribution in [0.15, 0.2) is 47.3 Å². The van der Waals surface area contributed by atoms with E-state index in [9.17, 15) is 19.5 Å². The van der Waals surface area contributed by atoms with E-state index in [0.717, 1.165) is 0 Å². The maximum Gasteiger partial charge on any atom is 0.338 e. The van der Waals surface area contributed by atoms with Crippen LogP contribution in [0.2, 0.25) is 20.1 Å². The maximum atomic E-state index is 12.7. The Morgan fingerprint density at radius 1 is 0.861 bits per heavy atom. The summed E-state index contributed by atoms with van der Waals surface area (Å²) in [5, 5.41) is 11.0. The van der Waals surface area contributed by atoms with Gasteiger partial charge in [0.25, 0.3) is 0 Å². The topological polar surface area (TPSA) is 148 Å². The first-order valence-corrected chi connectivity index (χ1v) is 11.6. The van der Waals surface area contributed by atoms with Crippen LogP contribution in [0.25, 0.3) is 22.2 Å². The Morgan fingerprint density at radius 2 is 1.42 bits per heavy atom. The molecule has 3 aromatic carbocycles. The van der Waals surface area contributed by atoms with Gasteiger partial charge in [-0.15, -0.1) is 0 Å². The molecule has 6 N–H and O–H groups in total. The van der Waals surface area contributed by atoms with Gasteiger partial charge >= 0.3 is 5.97 Å². The number of nitrogens with one attached hydrogen (secondary N) is 1. The standard InChI is InChI=1S/C24H15Cl4N3O5/c25-13-3-10(4-14(26)19(13)29)18(32)8-36-24(35)9-1-2-12-17(7-9)31-21(23(34)22(12)33)11-5-15(27)20(30)16(28)6-11/h1-7,34H,8,29-30H2,(H,31,33). The second-order valence-corrected chi connectivity index (χ2v) is 9.27. The Kier molecular flexibility index (Phi) is 7.06. The SMILES string of the molecule is Nc1c(Cl)cc(C(=O)COC(=O)c2ccc3c(=O)c(O)c(-c4cc(Cl)c(N)c(Cl)c4)[nH]c3c2)cc1Cl. The van der Waals surface area contributed by atoms with Crippen LogP contribution in [0.1, 0.15) is 20.7 Å². The van der Waals surface area contributed by atoms with Gasteiger partial charge in [0.15, 0.2) is 18.1 Å². The summed E-state index contributed by atoms with van der Waals surface area (Å²) in [6.45, 7) is -0.590. The molecule has 1 heterocycles. The number of nitrogens with two attached hydrogens (primary N) is 2. The molecule has 0 atom stereocenters. The Hall–Kier alpha value is -3.43. The van der Waals surface area contributed by atoms with Crippen molar-refractivity contribution in [3.8, 4) is 17.0 Å². The normalized spacial score (nSPS) is 11.0. The van der Waals surface area contributed by atoms with E-state index in [1.165, 1.54) is 42.5 Å². The molecule has 0 aliphatic heterocycles. The zero-order valence-corrected chi connectivity index (χ0v) is 21.0. The van der Waals surface area contributed by atoms with Crippen LogP contribution >= 0.6 is 46.4 Å². The third-order valence-electron chi connectivity index (χ3n) is 5.31. The number of aromatic amines is 1. The predicted molar refractivity (Wildman–Crippen MR) is 142 cm³/mol. The Bertz CT molecular complexity index is 1590. The summed E-state index contributed by atoms with van der Waals surface area (Å²) >= 11 is 24.1. The molecule has 0 saturated carbocycles. The van der Waals surface area contributed by atoms with Gasteiger partial charge in [-0.1, -0.05) is 46.4 Å². The highest BCUT2D eigenvalue weighted by atomic mass is 35.5. The van der Waals surface area contributed by atoms with Crippen molar-refractivity contribution in [2.45, 2.75) is 0 Å². The van der Waals surface area contributed by atoms with Gasteiger partial charge in [0, 0.05) is 16.5 Å². The first-order valence-electron chi connectivity index (χ1n) is 10.1. The Balaban J connectivity index is 1.63. The largest absolute Gasteiger partial charge is 0.503 e. The van der Waals surface area contributed by atoms with Crippen molar-refractivity contribution in [2.75, 3.05) is 18.1 Å². The molecule has 1 aromatic heterocycles. The fourth-order valence-electron chi connectivity index (χ4n) is 3.39. The number of nitrogen functional groups attached to an aromatic ring is 2. The molecule has 0 spiro atoms. The second-order valence-electron chi connectivity index (χ2n) is 7.64. The molecule has 8 nitrogen and oxygen atoms in total. The number of Topliss-reactive ketones (excluding diaryl/α,β-unsaturated/α-hetero) is 1. The summed E-state index contributed by atoms with van der Waals surface area (Å²) in [5.74, 6) is -1.95. The van der Waals surface area contributed by atoms with Crippen LogP contribution in [0.5, 0.6) is 5.75 Å². The minimum absolute atomic E-state index is 0.0223. The van der Waals surface area contributed by atoms with Crippen molar-refractivity contribution in [3.63, 3.8) is 0 Å². The van der Waals surface area contributed by atoms with Crippen molar-refractivity contribution in [1.29, 1.82) is 0 Å². The van der Waals surface area contributed by atoms with Crippen molar-refractivity contribution in [1.82, 2.24) is 4.98 Å². The minimum Gasteiger partial charge on any atom is -0.503 e. The smallest absolute Gasteiger partial charge is 0.338 e. The molecule has 0 aliphatic rings. The number of anilines is 2. The van der Waals surface area contributed by atoms with Crippen molar-refractivity contribution < 1.29 is 19.4 Å². The van der Waals surface area contributed by atoms with Gasteiger partial charge in [-0.3, -0.25) is 9.59 Å². The lowest BCUT2D eigenvalue weighted by Gasteiger charge is -2.11. The number of ketones is 1. The number of fused-ring (bicyclic) bond motifs is 1. The number of benzene rings is 3. The number of H-pyrrole nitrogens is 1. The zero-order valence-electron chi connectivity index (χ0n) is 18.0. The lowest BCUT2D eigenvalue weighted by atomic mass is 10.1. The number of carbonyl (C=O) groups is 2. The number of pyridine rings is 1. The van der Waals surface area contributed by atoms with Gasteiger partial charge in [0.2, 0.25) is 5.43 Å². The molecule has 0 radical (unpaired) electrons. The summed E-state index contributed by atoms with van der Waals surface area (Å²) in [6.07, 6.45) is 0. The molecular weight excluding hydrogens is 552 g/mol. The van der Waals surface area contributed by atoms with Crippen LogP contribution in [0, 0.1) is 0 Å². The van der Waals surface area contributed by atoms with Gasteiger partial charge in [-0.25, -0.2) is 4.79 Å².